The lowest BCUT2D eigenvalue weighted by molar-refractivity contribution is 0.0937. The fourth-order valence-electron chi connectivity index (χ4n) is 2.42. The third-order valence-corrected chi connectivity index (χ3v) is 3.77. The monoisotopic (exact) mass is 353 g/mol. The normalized spacial score (nSPS) is 10.5. The summed E-state index contributed by atoms with van der Waals surface area (Å²) in [7, 11) is 3.19. The van der Waals surface area contributed by atoms with Gasteiger partial charge in [-0.2, -0.15) is 4.98 Å². The molecule has 0 aliphatic rings. The van der Waals surface area contributed by atoms with Crippen LogP contribution in [0.3, 0.4) is 0 Å². The average molecular weight is 353 g/mol. The number of methoxy groups -OCH3 is 2. The fourth-order valence-corrected chi connectivity index (χ4v) is 2.42. The van der Waals surface area contributed by atoms with E-state index in [1.54, 1.807) is 32.4 Å². The van der Waals surface area contributed by atoms with Crippen molar-refractivity contribution in [3.8, 4) is 28.6 Å². The van der Waals surface area contributed by atoms with E-state index < -0.39 is 0 Å². The topological polar surface area (TPSA) is 86.5 Å². The zero-order chi connectivity index (χ0) is 18.4. The van der Waals surface area contributed by atoms with Crippen molar-refractivity contribution in [3.63, 3.8) is 0 Å². The number of hydrogen-bond donors (Lipinski definition) is 1. The first-order chi connectivity index (χ1) is 12.7. The molecule has 0 radical (unpaired) electrons. The molecule has 0 saturated carbocycles. The van der Waals surface area contributed by atoms with E-state index in [1.165, 1.54) is 0 Å². The van der Waals surface area contributed by atoms with Crippen LogP contribution in [0, 0.1) is 0 Å². The predicted octanol–water partition coefficient (Wildman–Crippen LogP) is 2.79. The highest BCUT2D eigenvalue weighted by atomic mass is 16.5. The summed E-state index contributed by atoms with van der Waals surface area (Å²) >= 11 is 0. The first-order valence-corrected chi connectivity index (χ1v) is 8.07. The van der Waals surface area contributed by atoms with E-state index in [2.05, 4.69) is 15.5 Å². The molecule has 0 aliphatic heterocycles. The molecule has 134 valence electrons. The highest BCUT2D eigenvalue weighted by Crippen LogP contribution is 2.26. The lowest BCUT2D eigenvalue weighted by Gasteiger charge is -2.07. The van der Waals surface area contributed by atoms with Crippen LogP contribution in [0.2, 0.25) is 0 Å². The number of benzene rings is 2. The molecule has 3 aromatic rings. The van der Waals surface area contributed by atoms with E-state index in [4.69, 9.17) is 14.0 Å². The van der Waals surface area contributed by atoms with Crippen LogP contribution in [0.5, 0.6) is 5.75 Å². The summed E-state index contributed by atoms with van der Waals surface area (Å²) in [5, 5.41) is 6.81. The van der Waals surface area contributed by atoms with Gasteiger partial charge in [0.15, 0.2) is 0 Å². The molecule has 0 aliphatic carbocycles. The van der Waals surface area contributed by atoms with Crippen molar-refractivity contribution in [2.45, 2.75) is 0 Å². The Morgan fingerprint density at radius 3 is 2.62 bits per heavy atom. The van der Waals surface area contributed by atoms with Gasteiger partial charge < -0.3 is 19.3 Å². The summed E-state index contributed by atoms with van der Waals surface area (Å²) in [5.41, 5.74) is 1.84. The van der Waals surface area contributed by atoms with Gasteiger partial charge >= 0.3 is 0 Å². The Kier molecular flexibility index (Phi) is 5.60. The highest BCUT2D eigenvalue weighted by Gasteiger charge is 2.17. The summed E-state index contributed by atoms with van der Waals surface area (Å²) in [6, 6.07) is 14.4. The standard InChI is InChI=1S/C19H19N3O4/c1-24-12-11-20-18(23)15-5-3-4-6-16(15)19-21-17(22-26-19)13-7-9-14(25-2)10-8-13/h3-10H,11-12H2,1-2H3,(H,20,23). The lowest BCUT2D eigenvalue weighted by atomic mass is 10.1. The van der Waals surface area contributed by atoms with Crippen molar-refractivity contribution >= 4 is 5.91 Å². The minimum absolute atomic E-state index is 0.221. The van der Waals surface area contributed by atoms with Gasteiger partial charge in [-0.3, -0.25) is 4.79 Å². The van der Waals surface area contributed by atoms with Crippen LogP contribution in [-0.4, -0.2) is 43.4 Å². The zero-order valence-electron chi connectivity index (χ0n) is 14.6. The molecule has 1 heterocycles. The maximum Gasteiger partial charge on any atom is 0.259 e. The number of hydrogen-bond acceptors (Lipinski definition) is 6. The molecule has 1 aromatic heterocycles. The van der Waals surface area contributed by atoms with Crippen molar-refractivity contribution in [2.24, 2.45) is 0 Å². The minimum Gasteiger partial charge on any atom is -0.497 e. The molecule has 3 rings (SSSR count). The largest absolute Gasteiger partial charge is 0.497 e. The number of carbonyl (C=O) groups excluding carboxylic acids is 1. The molecular formula is C19H19N3O4. The van der Waals surface area contributed by atoms with Gasteiger partial charge in [0.1, 0.15) is 5.75 Å². The Balaban J connectivity index is 1.86. The number of rotatable bonds is 7. The Morgan fingerprint density at radius 1 is 1.12 bits per heavy atom. The second-order valence-corrected chi connectivity index (χ2v) is 5.45. The van der Waals surface area contributed by atoms with Gasteiger partial charge in [0.25, 0.3) is 11.8 Å². The SMILES string of the molecule is COCCNC(=O)c1ccccc1-c1nc(-c2ccc(OC)cc2)no1. The van der Waals surface area contributed by atoms with Crippen molar-refractivity contribution in [2.75, 3.05) is 27.4 Å². The zero-order valence-corrected chi connectivity index (χ0v) is 14.6. The molecule has 2 aromatic carbocycles. The van der Waals surface area contributed by atoms with E-state index in [0.717, 1.165) is 11.3 Å². The van der Waals surface area contributed by atoms with Gasteiger partial charge in [-0.1, -0.05) is 17.3 Å². The number of amides is 1. The van der Waals surface area contributed by atoms with Crippen molar-refractivity contribution < 1.29 is 18.8 Å². The molecular weight excluding hydrogens is 334 g/mol. The van der Waals surface area contributed by atoms with Crippen LogP contribution < -0.4 is 10.1 Å². The molecule has 0 spiro atoms. The van der Waals surface area contributed by atoms with Crippen molar-refractivity contribution in [1.29, 1.82) is 0 Å². The Labute approximate surface area is 150 Å². The molecule has 0 fully saturated rings. The quantitative estimate of drug-likeness (QED) is 0.657. The molecule has 1 N–H and O–H groups in total. The van der Waals surface area contributed by atoms with Crippen LogP contribution in [0.4, 0.5) is 0 Å². The number of ether oxygens (including phenoxy) is 2. The van der Waals surface area contributed by atoms with E-state index in [1.807, 2.05) is 30.3 Å². The van der Waals surface area contributed by atoms with Gasteiger partial charge in [-0.15, -0.1) is 0 Å². The second-order valence-electron chi connectivity index (χ2n) is 5.45. The Morgan fingerprint density at radius 2 is 1.88 bits per heavy atom. The summed E-state index contributed by atoms with van der Waals surface area (Å²) in [6.07, 6.45) is 0. The minimum atomic E-state index is -0.221. The summed E-state index contributed by atoms with van der Waals surface area (Å²) in [4.78, 5) is 16.8. The predicted molar refractivity (Wildman–Crippen MR) is 95.9 cm³/mol. The average Bonchev–Trinajstić information content (AvgIpc) is 3.18. The molecule has 0 bridgehead atoms. The summed E-state index contributed by atoms with van der Waals surface area (Å²) in [6.45, 7) is 0.862. The highest BCUT2D eigenvalue weighted by molar-refractivity contribution is 6.00. The maximum absolute atomic E-state index is 12.4. The molecule has 0 atom stereocenters. The number of nitrogens with one attached hydrogen (secondary N) is 1. The van der Waals surface area contributed by atoms with E-state index in [-0.39, 0.29) is 11.8 Å². The Hall–Kier alpha value is -3.19. The van der Waals surface area contributed by atoms with E-state index >= 15 is 0 Å². The number of nitrogens with zero attached hydrogens (tertiary/aromatic N) is 2. The van der Waals surface area contributed by atoms with Gasteiger partial charge in [0, 0.05) is 19.2 Å². The fraction of sp³-hybridized carbons (Fsp3) is 0.211. The third kappa shape index (κ3) is 3.89. The van der Waals surface area contributed by atoms with Crippen LogP contribution in [0.1, 0.15) is 10.4 Å². The van der Waals surface area contributed by atoms with Crippen LogP contribution in [0.15, 0.2) is 53.1 Å². The molecule has 0 unspecified atom stereocenters. The molecule has 26 heavy (non-hydrogen) atoms. The van der Waals surface area contributed by atoms with E-state index in [9.17, 15) is 4.79 Å². The van der Waals surface area contributed by atoms with Crippen molar-refractivity contribution in [1.82, 2.24) is 15.5 Å². The van der Waals surface area contributed by atoms with Crippen LogP contribution in [0.25, 0.3) is 22.8 Å². The lowest BCUT2D eigenvalue weighted by Crippen LogP contribution is -2.27. The van der Waals surface area contributed by atoms with Crippen LogP contribution >= 0.6 is 0 Å². The van der Waals surface area contributed by atoms with Crippen LogP contribution in [-0.2, 0) is 4.74 Å². The smallest absolute Gasteiger partial charge is 0.259 e. The first kappa shape index (κ1) is 17.6. The molecule has 7 heteroatoms. The molecule has 0 saturated heterocycles. The second kappa shape index (κ2) is 8.26. The van der Waals surface area contributed by atoms with Gasteiger partial charge in [0.2, 0.25) is 5.82 Å². The van der Waals surface area contributed by atoms with E-state index in [0.29, 0.717) is 30.1 Å². The Bertz CT molecular complexity index is 875. The maximum atomic E-state index is 12.4. The van der Waals surface area contributed by atoms with Gasteiger partial charge in [0.05, 0.1) is 24.8 Å². The van der Waals surface area contributed by atoms with Crippen molar-refractivity contribution in [3.05, 3.63) is 54.1 Å². The molecule has 1 amide bonds. The third-order valence-electron chi connectivity index (χ3n) is 3.77. The van der Waals surface area contributed by atoms with Gasteiger partial charge in [-0.25, -0.2) is 0 Å². The first-order valence-electron chi connectivity index (χ1n) is 8.07. The number of aromatic nitrogens is 2. The number of carbonyl (C=O) groups is 1. The van der Waals surface area contributed by atoms with Gasteiger partial charge in [-0.05, 0) is 36.4 Å². The summed E-state index contributed by atoms with van der Waals surface area (Å²) < 4.78 is 15.5. The molecule has 7 nitrogen and oxygen atoms in total. The summed E-state index contributed by atoms with van der Waals surface area (Å²) in [5.74, 6) is 1.25.